The van der Waals surface area contributed by atoms with Gasteiger partial charge in [0.15, 0.2) is 21.2 Å². The highest BCUT2D eigenvalue weighted by Gasteiger charge is 2.30. The van der Waals surface area contributed by atoms with Crippen LogP contribution in [-0.2, 0) is 24.6 Å². The number of anilines is 1. The van der Waals surface area contributed by atoms with E-state index in [4.69, 9.17) is 19.7 Å². The van der Waals surface area contributed by atoms with Gasteiger partial charge in [0.1, 0.15) is 17.8 Å². The third-order valence-electron chi connectivity index (χ3n) is 4.49. The number of nitrogens with one attached hydrogen (secondary N) is 1. The van der Waals surface area contributed by atoms with E-state index in [9.17, 15) is 26.4 Å². The Morgan fingerprint density at radius 2 is 1.43 bits per heavy atom. The second-order valence-electron chi connectivity index (χ2n) is 7.61. The van der Waals surface area contributed by atoms with Crippen LogP contribution < -0.4 is 9.46 Å². The van der Waals surface area contributed by atoms with E-state index in [0.29, 0.717) is 23.8 Å². The second-order valence-corrected chi connectivity index (χ2v) is 11.4. The van der Waals surface area contributed by atoms with Gasteiger partial charge in [-0.25, -0.2) is 36.4 Å². The van der Waals surface area contributed by atoms with Crippen molar-refractivity contribution in [3.8, 4) is 11.5 Å². The van der Waals surface area contributed by atoms with Gasteiger partial charge in [0.05, 0.1) is 29.6 Å². The minimum Gasteiger partial charge on any atom is -0.477 e. The largest absolute Gasteiger partial charge is 0.477 e. The van der Waals surface area contributed by atoms with Crippen molar-refractivity contribution in [1.82, 2.24) is 9.97 Å². The van der Waals surface area contributed by atoms with Gasteiger partial charge >= 0.3 is 11.9 Å². The zero-order valence-electron chi connectivity index (χ0n) is 19.1. The van der Waals surface area contributed by atoms with Crippen molar-refractivity contribution < 1.29 is 46.1 Å². The van der Waals surface area contributed by atoms with Crippen LogP contribution in [0.2, 0.25) is 0 Å². The molecule has 1 unspecified atom stereocenters. The smallest absolute Gasteiger partial charge is 0.354 e. The molecule has 0 amide bonds. The molecule has 0 spiro atoms. The molecule has 4 rings (SSSR count). The number of aromatic carboxylic acids is 2. The van der Waals surface area contributed by atoms with Gasteiger partial charge < -0.3 is 19.7 Å². The summed E-state index contributed by atoms with van der Waals surface area (Å²) < 4.78 is 59.5. The average Bonchev–Trinajstić information content (AvgIpc) is 3.63. The number of ether oxygens (including phenoxy) is 2. The molecule has 0 saturated carbocycles. The van der Waals surface area contributed by atoms with Crippen molar-refractivity contribution in [2.24, 2.45) is 0 Å². The fourth-order valence-electron chi connectivity index (χ4n) is 2.75. The molecule has 37 heavy (non-hydrogen) atoms. The van der Waals surface area contributed by atoms with Crippen LogP contribution in [0.25, 0.3) is 0 Å². The van der Waals surface area contributed by atoms with Crippen molar-refractivity contribution in [3.05, 3.63) is 72.3 Å². The fraction of sp³-hybridized carbons (Fsp3) is 0.182. The van der Waals surface area contributed by atoms with Crippen LogP contribution in [0.4, 0.5) is 5.69 Å². The number of carboxylic acids is 2. The normalized spacial score (nSPS) is 14.6. The highest BCUT2D eigenvalue weighted by Crippen LogP contribution is 2.26. The Labute approximate surface area is 211 Å². The summed E-state index contributed by atoms with van der Waals surface area (Å²) >= 11 is 0. The van der Waals surface area contributed by atoms with E-state index in [-0.39, 0.29) is 28.1 Å². The van der Waals surface area contributed by atoms with E-state index < -0.39 is 31.8 Å². The molecule has 0 radical (unpaired) electrons. The third kappa shape index (κ3) is 8.82. The number of benzene rings is 2. The van der Waals surface area contributed by atoms with Crippen molar-refractivity contribution in [2.75, 3.05) is 23.3 Å². The van der Waals surface area contributed by atoms with Crippen molar-refractivity contribution in [2.45, 2.75) is 11.0 Å². The van der Waals surface area contributed by atoms with E-state index >= 15 is 0 Å². The lowest BCUT2D eigenvalue weighted by molar-refractivity contribution is 0.0689. The van der Waals surface area contributed by atoms with Gasteiger partial charge in [-0.3, -0.25) is 4.72 Å². The zero-order valence-corrected chi connectivity index (χ0v) is 20.8. The molecule has 2 heterocycles. The number of sulfonamides is 1. The predicted octanol–water partition coefficient (Wildman–Crippen LogP) is 1.90. The molecule has 1 atom stereocenters. The number of aromatic nitrogens is 2. The van der Waals surface area contributed by atoms with Crippen LogP contribution in [-0.4, -0.2) is 73.7 Å². The lowest BCUT2D eigenvalue weighted by Gasteiger charge is -2.08. The van der Waals surface area contributed by atoms with Crippen molar-refractivity contribution in [1.29, 1.82) is 0 Å². The first-order valence-electron chi connectivity index (χ1n) is 10.3. The summed E-state index contributed by atoms with van der Waals surface area (Å²) in [6.45, 7) is 0.491. The summed E-state index contributed by atoms with van der Waals surface area (Å²) in [6, 6.07) is 13.4. The van der Waals surface area contributed by atoms with E-state index in [1.807, 2.05) is 0 Å². The monoisotopic (exact) mass is 551 g/mol. The number of nitrogens with zero attached hydrogens (tertiary/aromatic N) is 2. The highest BCUT2D eigenvalue weighted by atomic mass is 32.2. The maximum atomic E-state index is 12.1. The first-order chi connectivity index (χ1) is 17.3. The molecule has 1 aliphatic heterocycles. The Morgan fingerprint density at radius 3 is 1.86 bits per heavy atom. The Bertz CT molecular complexity index is 1460. The Balaban J connectivity index is 0.000000266. The van der Waals surface area contributed by atoms with E-state index in [2.05, 4.69) is 14.7 Å². The van der Waals surface area contributed by atoms with Gasteiger partial charge in [-0.15, -0.1) is 0 Å². The topological polar surface area (TPSA) is 202 Å². The van der Waals surface area contributed by atoms with Gasteiger partial charge in [0.2, 0.25) is 10.0 Å². The third-order valence-corrected chi connectivity index (χ3v) is 6.90. The lowest BCUT2D eigenvalue weighted by atomic mass is 10.3. The molecule has 1 saturated heterocycles. The number of hydrogen-bond donors (Lipinski definition) is 3. The van der Waals surface area contributed by atoms with Crippen LogP contribution >= 0.6 is 0 Å². The molecule has 0 bridgehead atoms. The van der Waals surface area contributed by atoms with Crippen LogP contribution in [0, 0.1) is 0 Å². The van der Waals surface area contributed by atoms with E-state index in [0.717, 1.165) is 18.6 Å². The summed E-state index contributed by atoms with van der Waals surface area (Å²) in [7, 11) is -6.68. The molecule has 13 nitrogen and oxygen atoms in total. The number of carboxylic acid groups (broad SMARTS) is 2. The Hall–Kier alpha value is -4.08. The SMILES string of the molecule is CS(=O)(=O)Nc1ccc(Oc2ccc(S(=O)(=O)CC3CO3)cc2)cc1.O=C(O)c1cc(C(=O)O)ncn1. The number of hydrogen-bond acceptors (Lipinski definition) is 10. The summed E-state index contributed by atoms with van der Waals surface area (Å²) in [6.07, 6.45) is 1.77. The maximum absolute atomic E-state index is 12.1. The molecule has 2 aromatic carbocycles. The number of epoxide rings is 1. The van der Waals surface area contributed by atoms with Crippen LogP contribution in [0.1, 0.15) is 21.0 Å². The van der Waals surface area contributed by atoms with Crippen molar-refractivity contribution >= 4 is 37.5 Å². The second kappa shape index (κ2) is 11.3. The first kappa shape index (κ1) is 27.5. The van der Waals surface area contributed by atoms with Gasteiger partial charge in [-0.2, -0.15) is 0 Å². The zero-order chi connectivity index (χ0) is 27.2. The molecule has 15 heteroatoms. The molecule has 3 aromatic rings. The Morgan fingerprint density at radius 1 is 0.946 bits per heavy atom. The lowest BCUT2D eigenvalue weighted by Crippen LogP contribution is -2.11. The fourth-order valence-corrected chi connectivity index (χ4v) is 4.74. The molecule has 1 aromatic heterocycles. The summed E-state index contributed by atoms with van der Waals surface area (Å²) in [5.41, 5.74) is -0.233. The van der Waals surface area contributed by atoms with Crippen LogP contribution in [0.5, 0.6) is 11.5 Å². The van der Waals surface area contributed by atoms with Crippen molar-refractivity contribution in [3.63, 3.8) is 0 Å². The average molecular weight is 552 g/mol. The summed E-state index contributed by atoms with van der Waals surface area (Å²) in [4.78, 5) is 27.5. The summed E-state index contributed by atoms with van der Waals surface area (Å²) in [5.74, 6) is -1.59. The minimum absolute atomic E-state index is 0.0119. The van der Waals surface area contributed by atoms with Gasteiger partial charge in [0, 0.05) is 11.8 Å². The van der Waals surface area contributed by atoms with Gasteiger partial charge in [0.25, 0.3) is 0 Å². The molecule has 0 aliphatic carbocycles. The molecular formula is C22H21N3O10S2. The summed E-state index contributed by atoms with van der Waals surface area (Å²) in [5, 5.41) is 16.8. The van der Waals surface area contributed by atoms with E-state index in [1.165, 1.54) is 12.1 Å². The highest BCUT2D eigenvalue weighted by molar-refractivity contribution is 7.92. The number of carbonyl (C=O) groups is 2. The van der Waals surface area contributed by atoms with Gasteiger partial charge in [-0.1, -0.05) is 0 Å². The number of sulfone groups is 1. The number of rotatable bonds is 9. The molecule has 1 fully saturated rings. The van der Waals surface area contributed by atoms with Crippen LogP contribution in [0.15, 0.2) is 65.8 Å². The molecule has 1 aliphatic rings. The van der Waals surface area contributed by atoms with Gasteiger partial charge in [-0.05, 0) is 48.5 Å². The molecule has 196 valence electrons. The Kier molecular flexibility index (Phi) is 8.42. The minimum atomic E-state index is -3.36. The van der Waals surface area contributed by atoms with E-state index in [1.54, 1.807) is 36.4 Å². The van der Waals surface area contributed by atoms with Crippen LogP contribution in [0.3, 0.4) is 0 Å². The molecule has 3 N–H and O–H groups in total. The quantitative estimate of drug-likeness (QED) is 0.326. The maximum Gasteiger partial charge on any atom is 0.354 e. The molecular weight excluding hydrogens is 530 g/mol. The first-order valence-corrected chi connectivity index (χ1v) is 13.9. The predicted molar refractivity (Wildman–Crippen MR) is 129 cm³/mol. The standard InChI is InChI=1S/C16H17NO6S2.C6H4N2O4/c1-24(18,19)17-12-2-4-13(5-3-12)23-14-6-8-16(9-7-14)25(20,21)11-15-10-22-15;9-5(10)3-1-4(6(11)12)8-2-7-3/h2-9,15,17H,10-11H2,1H3;1-2H,(H,9,10)(H,11,12).